The fourth-order valence-electron chi connectivity index (χ4n) is 3.50. The number of esters is 1. The molecular formula is C27H23F2N3O4S3. The van der Waals surface area contributed by atoms with E-state index in [0.717, 1.165) is 23.9 Å². The van der Waals surface area contributed by atoms with Crippen molar-refractivity contribution in [2.45, 2.75) is 32.8 Å². The maximum Gasteiger partial charge on any atom is 0.338 e. The molecule has 2 amide bonds. The Hall–Kier alpha value is -3.48. The number of anilines is 1. The van der Waals surface area contributed by atoms with Crippen molar-refractivity contribution in [1.82, 2.24) is 9.88 Å². The first kappa shape index (κ1) is 28.5. The van der Waals surface area contributed by atoms with Crippen LogP contribution in [0.3, 0.4) is 0 Å². The SMILES string of the molecule is CC(C)(C)OC(=O)c1ccc(NC(=O)CCN2C(=O)/C(=C/c3cc(-c4cc(F)nc(F)c4)cs3)SC2=S)cc1. The van der Waals surface area contributed by atoms with Gasteiger partial charge >= 0.3 is 5.97 Å². The average Bonchev–Trinajstić information content (AvgIpc) is 3.41. The summed E-state index contributed by atoms with van der Waals surface area (Å²) in [6.07, 6.45) is 1.67. The first-order valence-electron chi connectivity index (χ1n) is 11.7. The lowest BCUT2D eigenvalue weighted by Gasteiger charge is -2.19. The number of carbonyl (C=O) groups excluding carboxylic acids is 3. The molecule has 0 aliphatic carbocycles. The van der Waals surface area contributed by atoms with Gasteiger partial charge in [-0.1, -0.05) is 24.0 Å². The normalized spacial score (nSPS) is 14.7. The van der Waals surface area contributed by atoms with Crippen molar-refractivity contribution < 1.29 is 27.9 Å². The van der Waals surface area contributed by atoms with Gasteiger partial charge < -0.3 is 10.1 Å². The van der Waals surface area contributed by atoms with E-state index in [4.69, 9.17) is 17.0 Å². The molecular weight excluding hydrogens is 565 g/mol. The van der Waals surface area contributed by atoms with Gasteiger partial charge in [0.15, 0.2) is 0 Å². The number of nitrogens with one attached hydrogen (secondary N) is 1. The molecule has 12 heteroatoms. The zero-order valence-corrected chi connectivity index (χ0v) is 23.6. The van der Waals surface area contributed by atoms with Crippen molar-refractivity contribution in [2.24, 2.45) is 0 Å². The van der Waals surface area contributed by atoms with E-state index >= 15 is 0 Å². The van der Waals surface area contributed by atoms with Gasteiger partial charge in [0.25, 0.3) is 5.91 Å². The van der Waals surface area contributed by atoms with Gasteiger partial charge in [-0.2, -0.15) is 13.8 Å². The molecule has 0 radical (unpaired) electrons. The summed E-state index contributed by atoms with van der Waals surface area (Å²) in [5.41, 5.74) is 1.19. The third-order valence-electron chi connectivity index (χ3n) is 5.23. The fraction of sp³-hybridized carbons (Fsp3) is 0.222. The fourth-order valence-corrected chi connectivity index (χ4v) is 5.72. The molecule has 0 saturated carbocycles. The number of aromatic nitrogens is 1. The van der Waals surface area contributed by atoms with Crippen LogP contribution in [0.2, 0.25) is 0 Å². The number of rotatable bonds is 7. The zero-order chi connectivity index (χ0) is 28.3. The first-order chi connectivity index (χ1) is 18.4. The van der Waals surface area contributed by atoms with Crippen LogP contribution >= 0.6 is 35.3 Å². The highest BCUT2D eigenvalue weighted by atomic mass is 32.2. The van der Waals surface area contributed by atoms with E-state index in [1.807, 2.05) is 0 Å². The number of carbonyl (C=O) groups is 3. The highest BCUT2D eigenvalue weighted by Gasteiger charge is 2.32. The van der Waals surface area contributed by atoms with E-state index in [0.29, 0.717) is 36.5 Å². The van der Waals surface area contributed by atoms with Crippen molar-refractivity contribution in [3.63, 3.8) is 0 Å². The molecule has 0 spiro atoms. The third kappa shape index (κ3) is 7.55. The van der Waals surface area contributed by atoms with Crippen LogP contribution in [-0.4, -0.2) is 44.1 Å². The summed E-state index contributed by atoms with van der Waals surface area (Å²) in [7, 11) is 0. The molecule has 39 heavy (non-hydrogen) atoms. The van der Waals surface area contributed by atoms with Crippen LogP contribution in [0.25, 0.3) is 17.2 Å². The molecule has 1 N–H and O–H groups in total. The van der Waals surface area contributed by atoms with Crippen molar-refractivity contribution >= 4 is 69.2 Å². The van der Waals surface area contributed by atoms with Gasteiger partial charge in [-0.3, -0.25) is 14.5 Å². The van der Waals surface area contributed by atoms with E-state index < -0.39 is 23.5 Å². The topological polar surface area (TPSA) is 88.6 Å². The van der Waals surface area contributed by atoms with Crippen LogP contribution in [0.1, 0.15) is 42.4 Å². The van der Waals surface area contributed by atoms with E-state index in [-0.39, 0.29) is 24.8 Å². The minimum Gasteiger partial charge on any atom is -0.456 e. The summed E-state index contributed by atoms with van der Waals surface area (Å²) in [4.78, 5) is 43.1. The molecule has 3 aromatic rings. The van der Waals surface area contributed by atoms with Crippen LogP contribution < -0.4 is 5.32 Å². The Balaban J connectivity index is 1.33. The molecule has 2 aromatic heterocycles. The minimum absolute atomic E-state index is 0.00978. The quantitative estimate of drug-likeness (QED) is 0.151. The van der Waals surface area contributed by atoms with Gasteiger partial charge in [0, 0.05) is 35.7 Å². The predicted octanol–water partition coefficient (Wildman–Crippen LogP) is 6.27. The average molecular weight is 588 g/mol. The monoisotopic (exact) mass is 587 g/mol. The molecule has 0 bridgehead atoms. The maximum absolute atomic E-state index is 13.5. The minimum atomic E-state index is -0.916. The number of ether oxygens (including phenoxy) is 1. The molecule has 1 saturated heterocycles. The number of hydrogen-bond acceptors (Lipinski definition) is 8. The molecule has 0 unspecified atom stereocenters. The lowest BCUT2D eigenvalue weighted by molar-refractivity contribution is -0.122. The number of nitrogens with zero attached hydrogens (tertiary/aromatic N) is 2. The van der Waals surface area contributed by atoms with Gasteiger partial charge in [0.2, 0.25) is 17.8 Å². The second-order valence-corrected chi connectivity index (χ2v) is 12.1. The van der Waals surface area contributed by atoms with E-state index in [1.165, 1.54) is 16.2 Å². The van der Waals surface area contributed by atoms with Crippen molar-refractivity contribution in [1.29, 1.82) is 0 Å². The number of thiocarbonyl (C=S) groups is 1. The molecule has 1 aliphatic heterocycles. The molecule has 1 aliphatic rings. The number of thioether (sulfide) groups is 1. The van der Waals surface area contributed by atoms with Gasteiger partial charge in [-0.25, -0.2) is 4.79 Å². The van der Waals surface area contributed by atoms with Gasteiger partial charge in [0.05, 0.1) is 10.5 Å². The summed E-state index contributed by atoms with van der Waals surface area (Å²) in [5.74, 6) is -2.93. The summed E-state index contributed by atoms with van der Waals surface area (Å²) in [6, 6.07) is 10.3. The zero-order valence-electron chi connectivity index (χ0n) is 21.1. The molecule has 0 atom stereocenters. The van der Waals surface area contributed by atoms with Crippen molar-refractivity contribution in [2.75, 3.05) is 11.9 Å². The van der Waals surface area contributed by atoms with Crippen LogP contribution in [0.15, 0.2) is 52.7 Å². The lowest BCUT2D eigenvalue weighted by Crippen LogP contribution is -2.31. The second kappa shape index (κ2) is 11.7. The van der Waals surface area contributed by atoms with Gasteiger partial charge in [-0.05, 0) is 73.7 Å². The van der Waals surface area contributed by atoms with E-state index in [2.05, 4.69) is 10.3 Å². The molecule has 1 fully saturated rings. The Labute approximate surface area is 237 Å². The molecule has 4 rings (SSSR count). The number of pyridine rings is 1. The summed E-state index contributed by atoms with van der Waals surface area (Å²) in [5, 5.41) is 4.46. The van der Waals surface area contributed by atoms with E-state index in [1.54, 1.807) is 62.6 Å². The molecule has 3 heterocycles. The number of halogens is 2. The Bertz CT molecular complexity index is 1460. The lowest BCUT2D eigenvalue weighted by atomic mass is 10.1. The number of thiophene rings is 1. The van der Waals surface area contributed by atoms with Crippen LogP contribution in [0, 0.1) is 11.9 Å². The Morgan fingerprint density at radius 3 is 2.41 bits per heavy atom. The molecule has 202 valence electrons. The summed E-state index contributed by atoms with van der Waals surface area (Å²) < 4.78 is 32.6. The standard InChI is InChI=1S/C27H23F2N3O4S3/c1-27(2,3)36-25(35)15-4-6-18(7-5-15)30-23(33)8-9-32-24(34)20(39-26(32)37)13-19-10-17(14-38-19)16-11-21(28)31-22(29)12-16/h4-7,10-14H,8-9H2,1-3H3,(H,30,33)/b20-13-. The number of amides is 2. The highest BCUT2D eigenvalue weighted by molar-refractivity contribution is 8.26. The maximum atomic E-state index is 13.5. The van der Waals surface area contributed by atoms with Crippen LogP contribution in [0.5, 0.6) is 0 Å². The Kier molecular flexibility index (Phi) is 8.57. The largest absolute Gasteiger partial charge is 0.456 e. The Morgan fingerprint density at radius 2 is 1.77 bits per heavy atom. The van der Waals surface area contributed by atoms with Crippen molar-refractivity contribution in [3.05, 3.63) is 75.1 Å². The van der Waals surface area contributed by atoms with Crippen LogP contribution in [-0.2, 0) is 14.3 Å². The van der Waals surface area contributed by atoms with E-state index in [9.17, 15) is 23.2 Å². The van der Waals surface area contributed by atoms with Crippen molar-refractivity contribution in [3.8, 4) is 11.1 Å². The summed E-state index contributed by atoms with van der Waals surface area (Å²) in [6.45, 7) is 5.43. The van der Waals surface area contributed by atoms with Gasteiger partial charge in [0.1, 0.15) is 9.92 Å². The number of benzene rings is 1. The van der Waals surface area contributed by atoms with Crippen LogP contribution in [0.4, 0.5) is 14.5 Å². The smallest absolute Gasteiger partial charge is 0.338 e. The predicted molar refractivity (Wildman–Crippen MR) is 152 cm³/mol. The first-order valence-corrected chi connectivity index (χ1v) is 13.8. The van der Waals surface area contributed by atoms with Gasteiger partial charge in [-0.15, -0.1) is 11.3 Å². The second-order valence-electron chi connectivity index (χ2n) is 9.45. The third-order valence-corrected chi connectivity index (χ3v) is 7.49. The molecule has 1 aromatic carbocycles. The Morgan fingerprint density at radius 1 is 1.10 bits per heavy atom. The molecule has 7 nitrogen and oxygen atoms in total. The highest BCUT2D eigenvalue weighted by Crippen LogP contribution is 2.35. The summed E-state index contributed by atoms with van der Waals surface area (Å²) >= 11 is 7.77. The number of hydrogen-bond donors (Lipinski definition) is 1.